The van der Waals surface area contributed by atoms with Crippen LogP contribution in [0.2, 0.25) is 12.6 Å². The minimum Gasteiger partial charge on any atom is -0.0891 e. The van der Waals surface area contributed by atoms with Crippen molar-refractivity contribution in [2.24, 2.45) is 0 Å². The first-order valence-electron chi connectivity index (χ1n) is 2.27. The highest BCUT2D eigenvalue weighted by Gasteiger charge is 1.83. The van der Waals surface area contributed by atoms with Crippen molar-refractivity contribution in [2.75, 3.05) is 0 Å². The SMILES string of the molecule is CBC(C)C. The van der Waals surface area contributed by atoms with Crippen molar-refractivity contribution in [3.05, 3.63) is 0 Å². The Morgan fingerprint density at radius 3 is 1.60 bits per heavy atom. The minimum atomic E-state index is 0.884. The molecule has 0 atom stereocenters. The minimum absolute atomic E-state index is 0.884. The van der Waals surface area contributed by atoms with Gasteiger partial charge in [-0.1, -0.05) is 26.5 Å². The van der Waals surface area contributed by atoms with E-state index in [1.807, 2.05) is 0 Å². The van der Waals surface area contributed by atoms with Gasteiger partial charge in [0, 0.05) is 0 Å². The summed E-state index contributed by atoms with van der Waals surface area (Å²) in [4.78, 5) is 0. The van der Waals surface area contributed by atoms with Gasteiger partial charge >= 0.3 is 0 Å². The second kappa shape index (κ2) is 2.31. The molecule has 0 aromatic heterocycles. The summed E-state index contributed by atoms with van der Waals surface area (Å²) < 4.78 is 0. The molecule has 0 rings (SSSR count). The Labute approximate surface area is 34.8 Å². The van der Waals surface area contributed by atoms with Crippen molar-refractivity contribution in [2.45, 2.75) is 26.5 Å². The Morgan fingerprint density at radius 2 is 1.60 bits per heavy atom. The lowest BCUT2D eigenvalue weighted by Gasteiger charge is -1.87. The summed E-state index contributed by atoms with van der Waals surface area (Å²) in [6, 6.07) is 0. The van der Waals surface area contributed by atoms with Crippen LogP contribution in [0.5, 0.6) is 0 Å². The van der Waals surface area contributed by atoms with Crippen molar-refractivity contribution in [1.29, 1.82) is 0 Å². The lowest BCUT2D eigenvalue weighted by atomic mass is 9.69. The highest BCUT2D eigenvalue weighted by molar-refractivity contribution is 6.35. The first-order chi connectivity index (χ1) is 2.27. The van der Waals surface area contributed by atoms with Gasteiger partial charge in [0.05, 0.1) is 0 Å². The summed E-state index contributed by atoms with van der Waals surface area (Å²) in [6.45, 7) is 6.64. The Balaban J connectivity index is 2.54. The van der Waals surface area contributed by atoms with Crippen LogP contribution in [-0.2, 0) is 0 Å². The van der Waals surface area contributed by atoms with Crippen molar-refractivity contribution < 1.29 is 0 Å². The van der Waals surface area contributed by atoms with Crippen LogP contribution in [0.1, 0.15) is 13.8 Å². The molecule has 0 amide bonds. The maximum Gasteiger partial charge on any atom is 0.120 e. The predicted octanol–water partition coefficient (Wildman–Crippen LogP) is 1.30. The summed E-state index contributed by atoms with van der Waals surface area (Å²) in [5, 5.41) is 0. The molecule has 0 unspecified atom stereocenters. The van der Waals surface area contributed by atoms with Crippen LogP contribution >= 0.6 is 0 Å². The van der Waals surface area contributed by atoms with Crippen molar-refractivity contribution in [3.63, 3.8) is 0 Å². The van der Waals surface area contributed by atoms with Gasteiger partial charge in [0.15, 0.2) is 0 Å². The Kier molecular flexibility index (Phi) is 2.34. The van der Waals surface area contributed by atoms with Gasteiger partial charge in [0.25, 0.3) is 0 Å². The smallest absolute Gasteiger partial charge is 0.0891 e. The van der Waals surface area contributed by atoms with E-state index >= 15 is 0 Å². The van der Waals surface area contributed by atoms with Crippen LogP contribution in [0.15, 0.2) is 0 Å². The fourth-order valence-electron chi connectivity index (χ4n) is 0. The van der Waals surface area contributed by atoms with E-state index in [9.17, 15) is 0 Å². The van der Waals surface area contributed by atoms with Crippen LogP contribution in [0.4, 0.5) is 0 Å². The maximum absolute atomic E-state index is 2.22. The fourth-order valence-corrected chi connectivity index (χ4v) is 0. The van der Waals surface area contributed by atoms with Gasteiger partial charge < -0.3 is 0 Å². The third-order valence-electron chi connectivity index (χ3n) is 0.816. The van der Waals surface area contributed by atoms with E-state index in [4.69, 9.17) is 0 Å². The summed E-state index contributed by atoms with van der Waals surface area (Å²) >= 11 is 0. The molecule has 30 valence electrons. The number of hydrogen-bond acceptors (Lipinski definition) is 0. The molecule has 1 heteroatoms. The molecule has 0 aromatic rings. The predicted molar refractivity (Wildman–Crippen MR) is 28.1 cm³/mol. The Bertz CT molecular complexity index is 17.6. The second-order valence-electron chi connectivity index (χ2n) is 1.80. The van der Waals surface area contributed by atoms with E-state index in [0.29, 0.717) is 0 Å². The van der Waals surface area contributed by atoms with Gasteiger partial charge in [-0.05, 0) is 0 Å². The third kappa shape index (κ3) is 4.06. The summed E-state index contributed by atoms with van der Waals surface area (Å²) in [7, 11) is 1.31. The zero-order valence-electron chi connectivity index (χ0n) is 4.28. The first-order valence-corrected chi connectivity index (χ1v) is 2.27. The highest BCUT2D eigenvalue weighted by Crippen LogP contribution is 1.92. The van der Waals surface area contributed by atoms with Gasteiger partial charge in [0.1, 0.15) is 7.28 Å². The van der Waals surface area contributed by atoms with Gasteiger partial charge in [-0.2, -0.15) is 0 Å². The molecule has 0 saturated heterocycles. The summed E-state index contributed by atoms with van der Waals surface area (Å²) in [6.07, 6.45) is 0. The molecule has 0 nitrogen and oxygen atoms in total. The maximum atomic E-state index is 2.22. The molecule has 0 N–H and O–H groups in total. The van der Waals surface area contributed by atoms with Crippen molar-refractivity contribution in [3.8, 4) is 0 Å². The molecule has 0 bridgehead atoms. The molecule has 0 aliphatic heterocycles. The Morgan fingerprint density at radius 1 is 1.40 bits per heavy atom. The van der Waals surface area contributed by atoms with E-state index < -0.39 is 0 Å². The molecule has 0 radical (unpaired) electrons. The molecule has 0 aliphatic rings. The molecule has 0 aromatic carbocycles. The molecule has 0 fully saturated rings. The molecular formula is C4H11B. The van der Waals surface area contributed by atoms with Crippen LogP contribution in [0.25, 0.3) is 0 Å². The standard InChI is InChI=1S/C4H11B/c1-4(2)5-3/h4-5H,1-3H3. The van der Waals surface area contributed by atoms with Gasteiger partial charge in [-0.15, -0.1) is 0 Å². The largest absolute Gasteiger partial charge is 0.120 e. The quantitative estimate of drug-likeness (QED) is 0.408. The fraction of sp³-hybridized carbons (Fsp3) is 1.00. The number of rotatable bonds is 1. The average molecular weight is 69.9 g/mol. The van der Waals surface area contributed by atoms with Crippen LogP contribution in [-0.4, -0.2) is 7.28 Å². The van der Waals surface area contributed by atoms with Gasteiger partial charge in [-0.25, -0.2) is 0 Å². The van der Waals surface area contributed by atoms with Gasteiger partial charge in [-0.3, -0.25) is 0 Å². The Hall–Kier alpha value is 0.0649. The van der Waals surface area contributed by atoms with E-state index in [2.05, 4.69) is 20.7 Å². The van der Waals surface area contributed by atoms with E-state index in [1.54, 1.807) is 0 Å². The summed E-state index contributed by atoms with van der Waals surface area (Å²) in [5.74, 6) is 0.884. The molecule has 0 aliphatic carbocycles. The topological polar surface area (TPSA) is 0 Å². The van der Waals surface area contributed by atoms with Crippen LogP contribution in [0.3, 0.4) is 0 Å². The third-order valence-corrected chi connectivity index (χ3v) is 0.816. The van der Waals surface area contributed by atoms with Gasteiger partial charge in [0.2, 0.25) is 0 Å². The lowest BCUT2D eigenvalue weighted by molar-refractivity contribution is 1.06. The average Bonchev–Trinajstić information content (AvgIpc) is 1.38. The normalized spacial score (nSPS) is 8.80. The first kappa shape index (κ1) is 5.06. The van der Waals surface area contributed by atoms with Crippen LogP contribution < -0.4 is 0 Å². The molecule has 0 spiro atoms. The van der Waals surface area contributed by atoms with Crippen molar-refractivity contribution in [1.82, 2.24) is 0 Å². The van der Waals surface area contributed by atoms with E-state index in [1.165, 1.54) is 7.28 Å². The zero-order valence-corrected chi connectivity index (χ0v) is 4.28. The zero-order chi connectivity index (χ0) is 4.28. The molecule has 0 saturated carbocycles. The van der Waals surface area contributed by atoms with Crippen molar-refractivity contribution >= 4 is 7.28 Å². The van der Waals surface area contributed by atoms with Crippen LogP contribution in [0, 0.1) is 0 Å². The second-order valence-corrected chi connectivity index (χ2v) is 1.80. The number of hydrogen-bond donors (Lipinski definition) is 0. The van der Waals surface area contributed by atoms with E-state index in [0.717, 1.165) is 5.82 Å². The summed E-state index contributed by atoms with van der Waals surface area (Å²) in [5.41, 5.74) is 0. The lowest BCUT2D eigenvalue weighted by Crippen LogP contribution is -1.83. The molecule has 0 heterocycles. The monoisotopic (exact) mass is 70.1 g/mol. The molecule has 5 heavy (non-hydrogen) atoms. The highest BCUT2D eigenvalue weighted by atomic mass is 13.7. The van der Waals surface area contributed by atoms with E-state index in [-0.39, 0.29) is 0 Å². The molecular weight excluding hydrogens is 58.9 g/mol.